The van der Waals surface area contributed by atoms with Gasteiger partial charge in [0.05, 0.1) is 6.61 Å². The van der Waals surface area contributed by atoms with E-state index in [1.54, 1.807) is 10.9 Å². The molecule has 72 valence electrons. The van der Waals surface area contributed by atoms with Gasteiger partial charge in [0.2, 0.25) is 0 Å². The maximum atomic E-state index is 10.9. The lowest BCUT2D eigenvalue weighted by Gasteiger charge is -2.01. The van der Waals surface area contributed by atoms with Gasteiger partial charge in [-0.2, -0.15) is 5.10 Å². The van der Waals surface area contributed by atoms with Crippen LogP contribution in [0.5, 0.6) is 0 Å². The van der Waals surface area contributed by atoms with Crippen LogP contribution in [0.25, 0.3) is 0 Å². The van der Waals surface area contributed by atoms with E-state index >= 15 is 0 Å². The van der Waals surface area contributed by atoms with E-state index in [0.29, 0.717) is 13.0 Å². The van der Waals surface area contributed by atoms with Crippen LogP contribution in [0.15, 0.2) is 18.5 Å². The number of hydrogen-bond acceptors (Lipinski definition) is 3. The summed E-state index contributed by atoms with van der Waals surface area (Å²) in [5.41, 5.74) is 0. The van der Waals surface area contributed by atoms with E-state index in [-0.39, 0.29) is 5.97 Å². The van der Waals surface area contributed by atoms with Crippen LogP contribution in [0.1, 0.15) is 19.8 Å². The molecule has 0 N–H and O–H groups in total. The molecule has 4 nitrogen and oxygen atoms in total. The van der Waals surface area contributed by atoms with E-state index in [9.17, 15) is 4.79 Å². The molecule has 0 unspecified atom stereocenters. The Morgan fingerprint density at radius 1 is 1.62 bits per heavy atom. The van der Waals surface area contributed by atoms with Crippen molar-refractivity contribution < 1.29 is 9.53 Å². The normalized spacial score (nSPS) is 9.92. The predicted octanol–water partition coefficient (Wildman–Crippen LogP) is 1.23. The number of aromatic nitrogens is 2. The molecule has 0 saturated heterocycles. The first-order valence-corrected chi connectivity index (χ1v) is 4.46. The number of ether oxygens (including phenoxy) is 1. The quantitative estimate of drug-likeness (QED) is 0.643. The molecule has 0 saturated carbocycles. The van der Waals surface area contributed by atoms with Gasteiger partial charge in [-0.1, -0.05) is 0 Å². The summed E-state index contributed by atoms with van der Waals surface area (Å²) in [5.74, 6) is -0.130. The van der Waals surface area contributed by atoms with Crippen LogP contribution in [-0.2, 0) is 16.1 Å². The van der Waals surface area contributed by atoms with E-state index in [1.165, 1.54) is 0 Å². The largest absolute Gasteiger partial charge is 0.466 e. The molecule has 0 aliphatic carbocycles. The van der Waals surface area contributed by atoms with E-state index in [1.807, 2.05) is 19.2 Å². The number of rotatable bonds is 5. The topological polar surface area (TPSA) is 44.1 Å². The van der Waals surface area contributed by atoms with Crippen molar-refractivity contribution in [2.45, 2.75) is 26.3 Å². The summed E-state index contributed by atoms with van der Waals surface area (Å²) < 4.78 is 6.60. The first kappa shape index (κ1) is 9.77. The van der Waals surface area contributed by atoms with Crippen LogP contribution in [-0.4, -0.2) is 22.4 Å². The summed E-state index contributed by atoms with van der Waals surface area (Å²) in [6, 6.07) is 1.87. The number of esters is 1. The Morgan fingerprint density at radius 2 is 2.46 bits per heavy atom. The van der Waals surface area contributed by atoms with Crippen LogP contribution in [0, 0.1) is 0 Å². The van der Waals surface area contributed by atoms with Crippen LogP contribution >= 0.6 is 0 Å². The second-order valence-corrected chi connectivity index (χ2v) is 2.68. The van der Waals surface area contributed by atoms with Crippen molar-refractivity contribution in [1.29, 1.82) is 0 Å². The smallest absolute Gasteiger partial charge is 0.305 e. The van der Waals surface area contributed by atoms with E-state index in [4.69, 9.17) is 4.74 Å². The summed E-state index contributed by atoms with van der Waals surface area (Å²) >= 11 is 0. The maximum absolute atomic E-state index is 10.9. The predicted molar refractivity (Wildman–Crippen MR) is 48.1 cm³/mol. The summed E-state index contributed by atoms with van der Waals surface area (Å²) in [4.78, 5) is 10.9. The van der Waals surface area contributed by atoms with Crippen molar-refractivity contribution in [2.24, 2.45) is 0 Å². The number of aryl methyl sites for hydroxylation is 1. The van der Waals surface area contributed by atoms with Gasteiger partial charge in [-0.05, 0) is 19.4 Å². The molecule has 0 spiro atoms. The molecule has 1 aromatic heterocycles. The third-order valence-electron chi connectivity index (χ3n) is 1.63. The molecule has 0 bridgehead atoms. The molecule has 1 heterocycles. The first-order chi connectivity index (χ1) is 6.33. The second kappa shape index (κ2) is 5.35. The summed E-state index contributed by atoms with van der Waals surface area (Å²) in [7, 11) is 0. The average Bonchev–Trinajstić information content (AvgIpc) is 2.57. The number of hydrogen-bond donors (Lipinski definition) is 0. The van der Waals surface area contributed by atoms with Crippen molar-refractivity contribution in [2.75, 3.05) is 6.61 Å². The Balaban J connectivity index is 2.11. The van der Waals surface area contributed by atoms with Crippen molar-refractivity contribution in [3.05, 3.63) is 18.5 Å². The van der Waals surface area contributed by atoms with E-state index in [2.05, 4.69) is 5.10 Å². The number of carbonyl (C=O) groups is 1. The lowest BCUT2D eigenvalue weighted by atomic mass is 10.3. The maximum Gasteiger partial charge on any atom is 0.305 e. The first-order valence-electron chi connectivity index (χ1n) is 4.46. The Morgan fingerprint density at radius 3 is 3.08 bits per heavy atom. The lowest BCUT2D eigenvalue weighted by molar-refractivity contribution is -0.143. The second-order valence-electron chi connectivity index (χ2n) is 2.68. The van der Waals surface area contributed by atoms with Gasteiger partial charge in [0.15, 0.2) is 0 Å². The monoisotopic (exact) mass is 182 g/mol. The third kappa shape index (κ3) is 3.73. The van der Waals surface area contributed by atoms with E-state index in [0.717, 1.165) is 13.0 Å². The highest BCUT2D eigenvalue weighted by atomic mass is 16.5. The third-order valence-corrected chi connectivity index (χ3v) is 1.63. The van der Waals surface area contributed by atoms with Crippen molar-refractivity contribution in [3.63, 3.8) is 0 Å². The fourth-order valence-electron chi connectivity index (χ4n) is 1.05. The van der Waals surface area contributed by atoms with Gasteiger partial charge in [0.25, 0.3) is 0 Å². The van der Waals surface area contributed by atoms with Crippen LogP contribution < -0.4 is 0 Å². The van der Waals surface area contributed by atoms with Crippen molar-refractivity contribution in [1.82, 2.24) is 9.78 Å². The molecule has 13 heavy (non-hydrogen) atoms. The van der Waals surface area contributed by atoms with Gasteiger partial charge >= 0.3 is 5.97 Å². The van der Waals surface area contributed by atoms with Gasteiger partial charge in [-0.15, -0.1) is 0 Å². The molecule has 0 aliphatic heterocycles. The molecule has 0 fully saturated rings. The molecule has 0 radical (unpaired) electrons. The average molecular weight is 182 g/mol. The van der Waals surface area contributed by atoms with Gasteiger partial charge in [-0.3, -0.25) is 9.48 Å². The van der Waals surface area contributed by atoms with Crippen molar-refractivity contribution in [3.8, 4) is 0 Å². The molecule has 1 aromatic rings. The zero-order valence-corrected chi connectivity index (χ0v) is 7.77. The lowest BCUT2D eigenvalue weighted by Crippen LogP contribution is -2.06. The van der Waals surface area contributed by atoms with Gasteiger partial charge in [0.1, 0.15) is 0 Å². The minimum Gasteiger partial charge on any atom is -0.466 e. The number of nitrogens with zero attached hydrogens (tertiary/aromatic N) is 2. The van der Waals surface area contributed by atoms with Crippen LogP contribution in [0.2, 0.25) is 0 Å². The number of carbonyl (C=O) groups excluding carboxylic acids is 1. The van der Waals surface area contributed by atoms with E-state index < -0.39 is 0 Å². The Kier molecular flexibility index (Phi) is 4.02. The molecule has 4 heteroatoms. The molecule has 0 amide bonds. The van der Waals surface area contributed by atoms with Crippen molar-refractivity contribution >= 4 is 5.97 Å². The van der Waals surface area contributed by atoms with Crippen LogP contribution in [0.3, 0.4) is 0 Å². The molecular formula is C9H14N2O2. The molecular weight excluding hydrogens is 168 g/mol. The molecule has 0 aliphatic rings. The molecule has 0 aromatic carbocycles. The molecule has 1 rings (SSSR count). The fraction of sp³-hybridized carbons (Fsp3) is 0.556. The fourth-order valence-corrected chi connectivity index (χ4v) is 1.05. The summed E-state index contributed by atoms with van der Waals surface area (Å²) in [5, 5.41) is 4.02. The van der Waals surface area contributed by atoms with Gasteiger partial charge < -0.3 is 4.74 Å². The van der Waals surface area contributed by atoms with Crippen LogP contribution in [0.4, 0.5) is 0 Å². The minimum absolute atomic E-state index is 0.130. The molecule has 0 atom stereocenters. The zero-order valence-electron chi connectivity index (χ0n) is 7.77. The highest BCUT2D eigenvalue weighted by Crippen LogP contribution is 1.96. The minimum atomic E-state index is -0.130. The Hall–Kier alpha value is -1.32. The van der Waals surface area contributed by atoms with Gasteiger partial charge in [0, 0.05) is 25.4 Å². The SMILES string of the molecule is CCOC(=O)CCCn1cccn1. The van der Waals surface area contributed by atoms with Gasteiger partial charge in [-0.25, -0.2) is 0 Å². The standard InChI is InChI=1S/C9H14N2O2/c1-2-13-9(12)5-3-7-11-8-4-6-10-11/h4,6,8H,2-3,5,7H2,1H3. The highest BCUT2D eigenvalue weighted by molar-refractivity contribution is 5.69. The highest BCUT2D eigenvalue weighted by Gasteiger charge is 2.00. The Labute approximate surface area is 77.5 Å². The Bertz CT molecular complexity index is 244. The summed E-state index contributed by atoms with van der Waals surface area (Å²) in [6.07, 6.45) is 4.85. The summed E-state index contributed by atoms with van der Waals surface area (Å²) in [6.45, 7) is 3.04. The zero-order chi connectivity index (χ0) is 9.52.